The van der Waals surface area contributed by atoms with Crippen LogP contribution in [0.2, 0.25) is 0 Å². The van der Waals surface area contributed by atoms with Gasteiger partial charge in [-0.15, -0.1) is 0 Å². The normalized spacial score (nSPS) is 23.3. The molecule has 0 spiro atoms. The van der Waals surface area contributed by atoms with Crippen molar-refractivity contribution in [1.82, 2.24) is 0 Å². The van der Waals surface area contributed by atoms with Gasteiger partial charge in [0.05, 0.1) is 5.73 Å². The lowest BCUT2D eigenvalue weighted by molar-refractivity contribution is 0.00653. The third-order valence-corrected chi connectivity index (χ3v) is 6.25. The molecule has 0 bridgehead atoms. The van der Waals surface area contributed by atoms with E-state index < -0.39 is 14.7 Å². The summed E-state index contributed by atoms with van der Waals surface area (Å²) in [6.45, 7) is 0.758. The van der Waals surface area contributed by atoms with Gasteiger partial charge < -0.3 is 14.9 Å². The summed E-state index contributed by atoms with van der Waals surface area (Å²) in [5.74, 6) is -1.22. The van der Waals surface area contributed by atoms with E-state index in [1.807, 2.05) is 30.3 Å². The molecule has 0 aromatic heterocycles. The van der Waals surface area contributed by atoms with Crippen LogP contribution in [-0.4, -0.2) is 37.3 Å². The summed E-state index contributed by atoms with van der Waals surface area (Å²) in [6, 6.07) is 9.80. The number of hydrogen-bond acceptors (Lipinski definition) is 3. The van der Waals surface area contributed by atoms with Crippen LogP contribution in [0.25, 0.3) is 0 Å². The van der Waals surface area contributed by atoms with Crippen molar-refractivity contribution in [3.63, 3.8) is 0 Å². The molecule has 2 unspecified atom stereocenters. The summed E-state index contributed by atoms with van der Waals surface area (Å²) in [5, 5.41) is 20.2. The third kappa shape index (κ3) is 2.71. The molecule has 0 saturated carbocycles. The second-order valence-corrected chi connectivity index (χ2v) is 7.31. The molecule has 4 heteroatoms. The lowest BCUT2D eigenvalue weighted by atomic mass is 10.2. The molecular weight excluding hydrogens is 220 g/mol. The van der Waals surface area contributed by atoms with Crippen LogP contribution in [0.15, 0.2) is 30.3 Å². The van der Waals surface area contributed by atoms with Crippen molar-refractivity contribution in [3.8, 4) is 0 Å². The summed E-state index contributed by atoms with van der Waals surface area (Å²) >= 11 is 0. The van der Waals surface area contributed by atoms with Crippen molar-refractivity contribution in [3.05, 3.63) is 30.3 Å². The maximum atomic E-state index is 9.56. The Hall–Kier alpha value is -0.683. The number of aliphatic hydroxyl groups is 2. The van der Waals surface area contributed by atoms with E-state index in [9.17, 15) is 10.2 Å². The summed E-state index contributed by atoms with van der Waals surface area (Å²) in [7, 11) is -1.86. The molecule has 2 N–H and O–H groups in total. The Bertz CT molecular complexity index is 309. The van der Waals surface area contributed by atoms with Gasteiger partial charge in [-0.05, 0) is 19.3 Å². The number of hydrogen-bond donors (Lipinski definition) is 2. The van der Waals surface area contributed by atoms with Gasteiger partial charge in [-0.25, -0.2) is 0 Å². The van der Waals surface area contributed by atoms with E-state index in [1.165, 1.54) is 0 Å². The van der Waals surface area contributed by atoms with Crippen LogP contribution in [0, 0.1) is 0 Å². The van der Waals surface area contributed by atoms with E-state index in [4.69, 9.17) is 4.74 Å². The fraction of sp³-hybridized carbons (Fsp3) is 0.500. The Labute approximate surface area is 97.3 Å². The zero-order valence-corrected chi connectivity index (χ0v) is 10.4. The van der Waals surface area contributed by atoms with E-state index in [2.05, 4.69) is 0 Å². The molecule has 0 amide bonds. The molecule has 16 heavy (non-hydrogen) atoms. The summed E-state index contributed by atoms with van der Waals surface area (Å²) < 4.78 is 5.70. The largest absolute Gasteiger partial charge is 0.381 e. The molecule has 2 rings (SSSR count). The predicted molar refractivity (Wildman–Crippen MR) is 65.0 cm³/mol. The Kier molecular flexibility index (Phi) is 4.12. The van der Waals surface area contributed by atoms with Crippen LogP contribution < -0.4 is 5.19 Å². The highest BCUT2D eigenvalue weighted by Gasteiger charge is 2.32. The number of rotatable bonds is 3. The highest BCUT2D eigenvalue weighted by Crippen LogP contribution is 2.16. The van der Waals surface area contributed by atoms with Crippen LogP contribution in [-0.2, 0) is 4.74 Å². The molecule has 3 nitrogen and oxygen atoms in total. The molecule has 2 atom stereocenters. The van der Waals surface area contributed by atoms with Crippen molar-refractivity contribution in [2.75, 3.05) is 6.61 Å². The van der Waals surface area contributed by atoms with Gasteiger partial charge in [-0.1, -0.05) is 35.5 Å². The first-order chi connectivity index (χ1) is 7.79. The molecule has 88 valence electrons. The van der Waals surface area contributed by atoms with Crippen LogP contribution >= 0.6 is 0 Å². The lowest BCUT2D eigenvalue weighted by Crippen LogP contribution is -2.53. The SMILES string of the molecule is OC(O)[SiH](c1ccccc1)C1CCCCO1. The standard InChI is InChI=1S/C12H18O3Si/c13-12(14)16(10-6-2-1-3-7-10)11-8-4-5-9-15-11/h1-3,6-7,11-14,16H,4-5,8-9H2. The minimum Gasteiger partial charge on any atom is -0.381 e. The van der Waals surface area contributed by atoms with Gasteiger partial charge in [-0.2, -0.15) is 0 Å². The fourth-order valence-corrected chi connectivity index (χ4v) is 5.07. The van der Waals surface area contributed by atoms with E-state index >= 15 is 0 Å². The monoisotopic (exact) mass is 238 g/mol. The third-order valence-electron chi connectivity index (χ3n) is 3.12. The first-order valence-electron chi connectivity index (χ1n) is 5.82. The van der Waals surface area contributed by atoms with Crippen LogP contribution in [0.1, 0.15) is 19.3 Å². The highest BCUT2D eigenvalue weighted by molar-refractivity contribution is 6.75. The summed E-state index contributed by atoms with van der Waals surface area (Å²) in [6.07, 6.45) is 3.19. The van der Waals surface area contributed by atoms with Crippen LogP contribution in [0.5, 0.6) is 0 Å². The van der Waals surface area contributed by atoms with Crippen molar-refractivity contribution < 1.29 is 14.9 Å². The van der Waals surface area contributed by atoms with Gasteiger partial charge in [-0.3, -0.25) is 0 Å². The van der Waals surface area contributed by atoms with Crippen molar-refractivity contribution in [2.24, 2.45) is 0 Å². The molecule has 1 aliphatic rings. The van der Waals surface area contributed by atoms with Gasteiger partial charge >= 0.3 is 0 Å². The predicted octanol–water partition coefficient (Wildman–Crippen LogP) is 0.0789. The number of benzene rings is 1. The Morgan fingerprint density at radius 2 is 1.94 bits per heavy atom. The van der Waals surface area contributed by atoms with Gasteiger partial charge in [0.25, 0.3) is 0 Å². The summed E-state index contributed by atoms with van der Waals surface area (Å²) in [4.78, 5) is 0. The zero-order chi connectivity index (χ0) is 11.4. The van der Waals surface area contributed by atoms with Gasteiger partial charge in [0.15, 0.2) is 8.80 Å². The molecule has 1 aromatic carbocycles. The molecule has 1 fully saturated rings. The minimum absolute atomic E-state index is 0.0659. The van der Waals surface area contributed by atoms with E-state index in [-0.39, 0.29) is 5.73 Å². The van der Waals surface area contributed by atoms with Gasteiger partial charge in [0.2, 0.25) is 0 Å². The quantitative estimate of drug-likeness (QED) is 0.579. The van der Waals surface area contributed by atoms with Crippen LogP contribution in [0.3, 0.4) is 0 Å². The Morgan fingerprint density at radius 3 is 2.50 bits per heavy atom. The first-order valence-corrected chi connectivity index (χ1v) is 7.73. The maximum absolute atomic E-state index is 9.56. The lowest BCUT2D eigenvalue weighted by Gasteiger charge is -2.30. The molecule has 1 aliphatic heterocycles. The van der Waals surface area contributed by atoms with E-state index in [0.717, 1.165) is 31.1 Å². The molecule has 1 aromatic rings. The van der Waals surface area contributed by atoms with Crippen molar-refractivity contribution in [2.45, 2.75) is 30.9 Å². The fourth-order valence-electron chi connectivity index (χ4n) is 2.30. The average Bonchev–Trinajstić information content (AvgIpc) is 2.31. The second-order valence-electron chi connectivity index (χ2n) is 4.26. The smallest absolute Gasteiger partial charge is 0.168 e. The second kappa shape index (κ2) is 5.59. The average molecular weight is 238 g/mol. The number of ether oxygens (including phenoxy) is 1. The molecule has 0 aliphatic carbocycles. The Balaban J connectivity index is 2.16. The highest BCUT2D eigenvalue weighted by atomic mass is 28.3. The maximum Gasteiger partial charge on any atom is 0.168 e. The molecule has 0 radical (unpaired) electrons. The summed E-state index contributed by atoms with van der Waals surface area (Å²) in [5.41, 5.74) is 0.0659. The van der Waals surface area contributed by atoms with Crippen LogP contribution in [0.4, 0.5) is 0 Å². The van der Waals surface area contributed by atoms with Crippen molar-refractivity contribution in [1.29, 1.82) is 0 Å². The van der Waals surface area contributed by atoms with Gasteiger partial charge in [0.1, 0.15) is 5.91 Å². The van der Waals surface area contributed by atoms with E-state index in [0.29, 0.717) is 0 Å². The molecular formula is C12H18O3Si. The van der Waals surface area contributed by atoms with Gasteiger partial charge in [0, 0.05) is 6.61 Å². The molecule has 1 saturated heterocycles. The molecule has 1 heterocycles. The topological polar surface area (TPSA) is 49.7 Å². The van der Waals surface area contributed by atoms with Crippen molar-refractivity contribution >= 4 is 14.0 Å². The van der Waals surface area contributed by atoms with E-state index in [1.54, 1.807) is 0 Å². The zero-order valence-electron chi connectivity index (χ0n) is 9.25. The Morgan fingerprint density at radius 1 is 1.19 bits per heavy atom. The minimum atomic E-state index is -1.86. The number of aliphatic hydroxyl groups excluding tert-OH is 1. The first kappa shape index (κ1) is 11.8.